The Labute approximate surface area is 181 Å². The molecule has 0 bridgehead atoms. The van der Waals surface area contributed by atoms with Crippen LogP contribution in [0.4, 0.5) is 0 Å². The summed E-state index contributed by atoms with van der Waals surface area (Å²) in [6.45, 7) is 5.54. The summed E-state index contributed by atoms with van der Waals surface area (Å²) >= 11 is 0. The minimum absolute atomic E-state index is 0.604. The molecule has 0 aliphatic carbocycles. The summed E-state index contributed by atoms with van der Waals surface area (Å²) in [5.41, 5.74) is 1.28. The molecule has 0 fully saturated rings. The van der Waals surface area contributed by atoms with Gasteiger partial charge in [-0.05, 0) is 30.7 Å². The van der Waals surface area contributed by atoms with Crippen molar-refractivity contribution in [2.45, 2.75) is 103 Å². The maximum Gasteiger partial charge on any atom is 0.119 e. The van der Waals surface area contributed by atoms with E-state index in [4.69, 9.17) is 9.47 Å². The summed E-state index contributed by atoms with van der Waals surface area (Å²) in [6.07, 6.45) is 19.8. The number of nitrogens with one attached hydrogen (secondary N) is 1. The van der Waals surface area contributed by atoms with Crippen molar-refractivity contribution in [3.63, 3.8) is 0 Å². The van der Waals surface area contributed by atoms with E-state index in [9.17, 15) is 0 Å². The zero-order valence-electron chi connectivity index (χ0n) is 19.4. The van der Waals surface area contributed by atoms with Gasteiger partial charge in [0.1, 0.15) is 12.4 Å². The van der Waals surface area contributed by atoms with E-state index in [1.807, 2.05) is 6.07 Å². The predicted octanol–water partition coefficient (Wildman–Crippen LogP) is 7.28. The van der Waals surface area contributed by atoms with Crippen molar-refractivity contribution in [3.8, 4) is 5.75 Å². The highest BCUT2D eigenvalue weighted by molar-refractivity contribution is 5.28. The fraction of sp³-hybridized carbons (Fsp3) is 0.769. The number of benzene rings is 1. The molecule has 0 radical (unpaired) electrons. The molecule has 0 heterocycles. The maximum absolute atomic E-state index is 5.67. The minimum atomic E-state index is 0.604. The normalized spacial score (nSPS) is 11.1. The van der Waals surface area contributed by atoms with Crippen LogP contribution in [0.1, 0.15) is 102 Å². The van der Waals surface area contributed by atoms with E-state index in [-0.39, 0.29) is 0 Å². The third-order valence-corrected chi connectivity index (χ3v) is 5.49. The SMILES string of the molecule is CCCCCCCCCCCCCCCCNCc1cccc(OCCOC)c1. The smallest absolute Gasteiger partial charge is 0.119 e. The molecule has 168 valence electrons. The summed E-state index contributed by atoms with van der Waals surface area (Å²) in [7, 11) is 1.70. The van der Waals surface area contributed by atoms with Gasteiger partial charge >= 0.3 is 0 Å². The van der Waals surface area contributed by atoms with Gasteiger partial charge in [-0.2, -0.15) is 0 Å². The van der Waals surface area contributed by atoms with Crippen LogP contribution >= 0.6 is 0 Å². The van der Waals surface area contributed by atoms with E-state index in [0.29, 0.717) is 13.2 Å². The van der Waals surface area contributed by atoms with Gasteiger partial charge in [0, 0.05) is 13.7 Å². The molecule has 0 atom stereocenters. The van der Waals surface area contributed by atoms with Crippen LogP contribution in [0.3, 0.4) is 0 Å². The van der Waals surface area contributed by atoms with Crippen molar-refractivity contribution in [1.82, 2.24) is 5.32 Å². The van der Waals surface area contributed by atoms with Crippen LogP contribution in [0.5, 0.6) is 5.75 Å². The van der Waals surface area contributed by atoms with Gasteiger partial charge in [0.2, 0.25) is 0 Å². The first-order chi connectivity index (χ1) is 14.4. The van der Waals surface area contributed by atoms with Crippen molar-refractivity contribution in [1.29, 1.82) is 0 Å². The molecule has 3 nitrogen and oxygen atoms in total. The van der Waals surface area contributed by atoms with Gasteiger partial charge in [0.15, 0.2) is 0 Å². The topological polar surface area (TPSA) is 30.5 Å². The summed E-state index contributed by atoms with van der Waals surface area (Å²) in [5.74, 6) is 0.929. The summed E-state index contributed by atoms with van der Waals surface area (Å²) in [5, 5.41) is 3.56. The van der Waals surface area contributed by atoms with E-state index in [1.165, 1.54) is 95.5 Å². The molecular weight excluding hydrogens is 358 g/mol. The fourth-order valence-electron chi connectivity index (χ4n) is 3.67. The highest BCUT2D eigenvalue weighted by atomic mass is 16.5. The molecular formula is C26H47NO2. The number of hydrogen-bond acceptors (Lipinski definition) is 3. The molecule has 29 heavy (non-hydrogen) atoms. The summed E-state index contributed by atoms with van der Waals surface area (Å²) in [6, 6.07) is 8.34. The number of methoxy groups -OCH3 is 1. The maximum atomic E-state index is 5.67. The van der Waals surface area contributed by atoms with Crippen LogP contribution in [-0.2, 0) is 11.3 Å². The lowest BCUT2D eigenvalue weighted by Gasteiger charge is -2.09. The van der Waals surface area contributed by atoms with Gasteiger partial charge in [-0.25, -0.2) is 0 Å². The molecule has 0 aliphatic heterocycles. The molecule has 0 spiro atoms. The number of unbranched alkanes of at least 4 members (excludes halogenated alkanes) is 13. The summed E-state index contributed by atoms with van der Waals surface area (Å²) < 4.78 is 10.7. The highest BCUT2D eigenvalue weighted by Crippen LogP contribution is 2.14. The second-order valence-electron chi connectivity index (χ2n) is 8.26. The van der Waals surface area contributed by atoms with Crippen LogP contribution in [0.25, 0.3) is 0 Å². The monoisotopic (exact) mass is 405 g/mol. The van der Waals surface area contributed by atoms with E-state index in [2.05, 4.69) is 30.4 Å². The van der Waals surface area contributed by atoms with Crippen molar-refractivity contribution in [3.05, 3.63) is 29.8 Å². The first-order valence-electron chi connectivity index (χ1n) is 12.3. The van der Waals surface area contributed by atoms with Gasteiger partial charge in [-0.15, -0.1) is 0 Å². The Balaban J connectivity index is 1.85. The molecule has 1 N–H and O–H groups in total. The second kappa shape index (κ2) is 20.2. The van der Waals surface area contributed by atoms with Crippen LogP contribution in [0.2, 0.25) is 0 Å². The van der Waals surface area contributed by atoms with Crippen molar-refractivity contribution >= 4 is 0 Å². The fourth-order valence-corrected chi connectivity index (χ4v) is 3.67. The molecule has 0 unspecified atom stereocenters. The summed E-state index contributed by atoms with van der Waals surface area (Å²) in [4.78, 5) is 0. The van der Waals surface area contributed by atoms with E-state index in [1.54, 1.807) is 7.11 Å². The number of hydrogen-bond donors (Lipinski definition) is 1. The lowest BCUT2D eigenvalue weighted by Crippen LogP contribution is -2.14. The molecule has 1 aromatic carbocycles. The van der Waals surface area contributed by atoms with Crippen LogP contribution in [0.15, 0.2) is 24.3 Å². The van der Waals surface area contributed by atoms with Gasteiger partial charge in [-0.3, -0.25) is 0 Å². The third kappa shape index (κ3) is 16.4. The number of rotatable bonds is 21. The minimum Gasteiger partial charge on any atom is -0.491 e. The Hall–Kier alpha value is -1.06. The molecule has 1 aromatic rings. The van der Waals surface area contributed by atoms with Gasteiger partial charge in [-0.1, -0.05) is 103 Å². The van der Waals surface area contributed by atoms with E-state index >= 15 is 0 Å². The molecule has 0 aliphatic rings. The third-order valence-electron chi connectivity index (χ3n) is 5.49. The van der Waals surface area contributed by atoms with E-state index < -0.39 is 0 Å². The molecule has 0 aromatic heterocycles. The molecule has 1 rings (SSSR count). The average molecular weight is 406 g/mol. The van der Waals surface area contributed by atoms with Gasteiger partial charge in [0.05, 0.1) is 6.61 Å². The Morgan fingerprint density at radius 2 is 1.31 bits per heavy atom. The molecule has 3 heteroatoms. The first-order valence-corrected chi connectivity index (χ1v) is 12.3. The standard InChI is InChI=1S/C26H47NO2/c1-3-4-5-6-7-8-9-10-11-12-13-14-15-16-20-27-24-25-18-17-19-26(23-25)29-22-21-28-2/h17-19,23,27H,3-16,20-22,24H2,1-2H3. The lowest BCUT2D eigenvalue weighted by molar-refractivity contribution is 0.146. The predicted molar refractivity (Wildman–Crippen MR) is 126 cm³/mol. The second-order valence-corrected chi connectivity index (χ2v) is 8.26. The highest BCUT2D eigenvalue weighted by Gasteiger charge is 1.98. The van der Waals surface area contributed by atoms with Crippen molar-refractivity contribution in [2.75, 3.05) is 26.9 Å². The van der Waals surface area contributed by atoms with E-state index in [0.717, 1.165) is 18.8 Å². The van der Waals surface area contributed by atoms with Gasteiger partial charge in [0.25, 0.3) is 0 Å². The zero-order chi connectivity index (χ0) is 20.8. The van der Waals surface area contributed by atoms with Crippen LogP contribution in [-0.4, -0.2) is 26.9 Å². The quantitative estimate of drug-likeness (QED) is 0.218. The molecule has 0 amide bonds. The van der Waals surface area contributed by atoms with Crippen LogP contribution < -0.4 is 10.1 Å². The van der Waals surface area contributed by atoms with Gasteiger partial charge < -0.3 is 14.8 Å². The molecule has 0 saturated carbocycles. The van der Waals surface area contributed by atoms with Crippen molar-refractivity contribution < 1.29 is 9.47 Å². The Morgan fingerprint density at radius 1 is 0.724 bits per heavy atom. The Bertz CT molecular complexity index is 464. The van der Waals surface area contributed by atoms with Crippen LogP contribution in [0, 0.1) is 0 Å². The average Bonchev–Trinajstić information content (AvgIpc) is 2.74. The first kappa shape index (κ1) is 26.0. The molecule has 0 saturated heterocycles. The Kier molecular flexibility index (Phi) is 18.1. The Morgan fingerprint density at radius 3 is 1.90 bits per heavy atom. The largest absolute Gasteiger partial charge is 0.491 e. The van der Waals surface area contributed by atoms with Crippen molar-refractivity contribution in [2.24, 2.45) is 0 Å². The number of ether oxygens (including phenoxy) is 2. The zero-order valence-corrected chi connectivity index (χ0v) is 19.4. The lowest BCUT2D eigenvalue weighted by atomic mass is 10.0.